The van der Waals surface area contributed by atoms with Gasteiger partial charge in [0, 0.05) is 7.11 Å². The molecule has 5 heteroatoms. The summed E-state index contributed by atoms with van der Waals surface area (Å²) in [6.45, 7) is 5.12. The van der Waals surface area contributed by atoms with E-state index in [0.29, 0.717) is 18.8 Å². The third-order valence-electron chi connectivity index (χ3n) is 2.07. The van der Waals surface area contributed by atoms with Crippen LogP contribution in [0.2, 0.25) is 6.04 Å². The van der Waals surface area contributed by atoms with Crippen molar-refractivity contribution in [2.45, 2.75) is 25.2 Å². The van der Waals surface area contributed by atoms with Gasteiger partial charge in [-0.1, -0.05) is 0 Å². The van der Waals surface area contributed by atoms with Crippen molar-refractivity contribution in [2.75, 3.05) is 33.5 Å². The summed E-state index contributed by atoms with van der Waals surface area (Å²) in [7, 11) is 1.26. The molecular weight excluding hydrogens is 200 g/mol. The Morgan fingerprint density at radius 1 is 1.50 bits per heavy atom. The monoisotopic (exact) mass is 220 g/mol. The summed E-state index contributed by atoms with van der Waals surface area (Å²) in [5, 5.41) is 0. The second-order valence-corrected chi connectivity index (χ2v) is 4.89. The molecule has 0 spiro atoms. The minimum Gasteiger partial charge on any atom is -0.422 e. The summed E-state index contributed by atoms with van der Waals surface area (Å²) >= 11 is 0. The average molecular weight is 220 g/mol. The van der Waals surface area contributed by atoms with E-state index in [1.165, 1.54) is 0 Å². The fraction of sp³-hybridized carbons (Fsp3) is 1.00. The maximum absolute atomic E-state index is 5.57. The van der Waals surface area contributed by atoms with Gasteiger partial charge in [-0.15, -0.1) is 0 Å². The normalized spacial score (nSPS) is 23.1. The molecule has 0 aliphatic carbocycles. The van der Waals surface area contributed by atoms with E-state index < -0.39 is 9.76 Å². The zero-order valence-electron chi connectivity index (χ0n) is 9.03. The Morgan fingerprint density at radius 3 is 2.93 bits per heavy atom. The standard InChI is InChI=1S/C9H20O4Si/c1-8(11-5-9-6-12-9)7-14-13-4-3-10-2/h8-9H,3-7,14H2,1-2H3. The van der Waals surface area contributed by atoms with Crippen molar-refractivity contribution in [1.82, 2.24) is 0 Å². The molecule has 0 saturated carbocycles. The molecule has 1 heterocycles. The van der Waals surface area contributed by atoms with Crippen LogP contribution in [0.4, 0.5) is 0 Å². The molecule has 1 rings (SSSR count). The first-order valence-corrected chi connectivity index (χ1v) is 6.70. The molecule has 0 aromatic carbocycles. The molecule has 0 aromatic rings. The van der Waals surface area contributed by atoms with E-state index in [0.717, 1.165) is 25.9 Å². The summed E-state index contributed by atoms with van der Waals surface area (Å²) in [6, 6.07) is 1.07. The van der Waals surface area contributed by atoms with Gasteiger partial charge in [0.1, 0.15) is 6.10 Å². The molecule has 0 amide bonds. The van der Waals surface area contributed by atoms with Crippen LogP contribution in [0.25, 0.3) is 0 Å². The molecular formula is C9H20O4Si. The lowest BCUT2D eigenvalue weighted by molar-refractivity contribution is 0.0636. The molecule has 2 atom stereocenters. The van der Waals surface area contributed by atoms with Crippen LogP contribution in [0.5, 0.6) is 0 Å². The van der Waals surface area contributed by atoms with Crippen molar-refractivity contribution in [2.24, 2.45) is 0 Å². The Hall–Kier alpha value is 0.0569. The van der Waals surface area contributed by atoms with E-state index >= 15 is 0 Å². The first-order chi connectivity index (χ1) is 6.83. The second kappa shape index (κ2) is 7.36. The summed E-state index contributed by atoms with van der Waals surface area (Å²) in [5.74, 6) is 0. The van der Waals surface area contributed by atoms with Crippen molar-refractivity contribution >= 4 is 9.76 Å². The third-order valence-corrected chi connectivity index (χ3v) is 3.70. The number of hydrogen-bond acceptors (Lipinski definition) is 4. The van der Waals surface area contributed by atoms with Gasteiger partial charge in [0.15, 0.2) is 9.76 Å². The van der Waals surface area contributed by atoms with E-state index in [2.05, 4.69) is 6.92 Å². The fourth-order valence-electron chi connectivity index (χ4n) is 1.01. The van der Waals surface area contributed by atoms with Crippen LogP contribution in [0, 0.1) is 0 Å². The van der Waals surface area contributed by atoms with Gasteiger partial charge in [0.05, 0.1) is 32.5 Å². The lowest BCUT2D eigenvalue weighted by Crippen LogP contribution is -2.16. The number of hydrogen-bond donors (Lipinski definition) is 0. The first-order valence-electron chi connectivity index (χ1n) is 5.13. The number of rotatable bonds is 9. The highest BCUT2D eigenvalue weighted by Crippen LogP contribution is 2.10. The van der Waals surface area contributed by atoms with Gasteiger partial charge in [-0.3, -0.25) is 0 Å². The van der Waals surface area contributed by atoms with Gasteiger partial charge >= 0.3 is 0 Å². The number of methoxy groups -OCH3 is 1. The van der Waals surface area contributed by atoms with E-state index in [1.54, 1.807) is 7.11 Å². The van der Waals surface area contributed by atoms with Crippen molar-refractivity contribution in [3.05, 3.63) is 0 Å². The second-order valence-electron chi connectivity index (χ2n) is 3.49. The molecule has 2 unspecified atom stereocenters. The lowest BCUT2D eigenvalue weighted by Gasteiger charge is -2.11. The Kier molecular flexibility index (Phi) is 6.38. The Balaban J connectivity index is 1.79. The fourth-order valence-corrected chi connectivity index (χ4v) is 2.00. The van der Waals surface area contributed by atoms with Crippen LogP contribution >= 0.6 is 0 Å². The summed E-state index contributed by atoms with van der Waals surface area (Å²) in [4.78, 5) is 0. The SMILES string of the molecule is COCCO[SiH2]CC(C)OCC1CO1. The van der Waals surface area contributed by atoms with E-state index in [9.17, 15) is 0 Å². The zero-order chi connectivity index (χ0) is 10.2. The molecule has 1 aliphatic heterocycles. The van der Waals surface area contributed by atoms with E-state index in [1.807, 2.05) is 0 Å². The molecule has 0 aromatic heterocycles. The predicted molar refractivity (Wildman–Crippen MR) is 56.3 cm³/mol. The Labute approximate surface area is 87.8 Å². The Morgan fingerprint density at radius 2 is 2.29 bits per heavy atom. The van der Waals surface area contributed by atoms with Gasteiger partial charge in [-0.05, 0) is 13.0 Å². The maximum atomic E-state index is 5.57. The Bertz CT molecular complexity index is 141. The van der Waals surface area contributed by atoms with Crippen LogP contribution in [0.3, 0.4) is 0 Å². The van der Waals surface area contributed by atoms with Gasteiger partial charge in [-0.25, -0.2) is 0 Å². The minimum atomic E-state index is -0.427. The van der Waals surface area contributed by atoms with Crippen LogP contribution in [0.15, 0.2) is 0 Å². The topological polar surface area (TPSA) is 40.2 Å². The predicted octanol–water partition coefficient (Wildman–Crippen LogP) is -0.0446. The van der Waals surface area contributed by atoms with Gasteiger partial charge in [-0.2, -0.15) is 0 Å². The molecule has 14 heavy (non-hydrogen) atoms. The lowest BCUT2D eigenvalue weighted by atomic mass is 10.4. The zero-order valence-corrected chi connectivity index (χ0v) is 10.4. The maximum Gasteiger partial charge on any atom is 0.164 e. The van der Waals surface area contributed by atoms with Gasteiger partial charge in [0.25, 0.3) is 0 Å². The van der Waals surface area contributed by atoms with Crippen molar-refractivity contribution in [1.29, 1.82) is 0 Å². The number of epoxide rings is 1. The van der Waals surface area contributed by atoms with Gasteiger partial charge in [0.2, 0.25) is 0 Å². The molecule has 84 valence electrons. The average Bonchev–Trinajstić information content (AvgIpc) is 2.98. The summed E-state index contributed by atoms with van der Waals surface area (Å²) < 4.78 is 21.0. The van der Waals surface area contributed by atoms with Crippen molar-refractivity contribution < 1.29 is 18.6 Å². The highest BCUT2D eigenvalue weighted by atomic mass is 28.2. The highest BCUT2D eigenvalue weighted by Gasteiger charge is 2.23. The van der Waals surface area contributed by atoms with Gasteiger partial charge < -0.3 is 18.6 Å². The smallest absolute Gasteiger partial charge is 0.164 e. The van der Waals surface area contributed by atoms with E-state index in [4.69, 9.17) is 18.6 Å². The quantitative estimate of drug-likeness (QED) is 0.310. The molecule has 1 saturated heterocycles. The van der Waals surface area contributed by atoms with Crippen LogP contribution < -0.4 is 0 Å². The summed E-state index contributed by atoms with van der Waals surface area (Å²) in [6.07, 6.45) is 0.682. The molecule has 0 bridgehead atoms. The van der Waals surface area contributed by atoms with Crippen molar-refractivity contribution in [3.8, 4) is 0 Å². The largest absolute Gasteiger partial charge is 0.422 e. The molecule has 0 N–H and O–H groups in total. The number of ether oxygens (including phenoxy) is 3. The molecule has 0 radical (unpaired) electrons. The minimum absolute atomic E-state index is 0.313. The molecule has 1 fully saturated rings. The van der Waals surface area contributed by atoms with E-state index in [-0.39, 0.29) is 0 Å². The molecule has 4 nitrogen and oxygen atoms in total. The van der Waals surface area contributed by atoms with Crippen LogP contribution in [-0.4, -0.2) is 55.5 Å². The molecule has 1 aliphatic rings. The highest BCUT2D eigenvalue weighted by molar-refractivity contribution is 6.27. The van der Waals surface area contributed by atoms with Crippen LogP contribution in [-0.2, 0) is 18.6 Å². The van der Waals surface area contributed by atoms with Crippen molar-refractivity contribution in [3.63, 3.8) is 0 Å². The summed E-state index contributed by atoms with van der Waals surface area (Å²) in [5.41, 5.74) is 0. The first kappa shape index (κ1) is 12.1. The third kappa shape index (κ3) is 6.50. The van der Waals surface area contributed by atoms with Crippen LogP contribution in [0.1, 0.15) is 6.92 Å².